The third kappa shape index (κ3) is 5.87. The maximum absolute atomic E-state index is 13.3. The highest BCUT2D eigenvalue weighted by Crippen LogP contribution is 2.35. The van der Waals surface area contributed by atoms with Crippen LogP contribution in [0.2, 0.25) is 0 Å². The lowest BCUT2D eigenvalue weighted by Crippen LogP contribution is -2.39. The van der Waals surface area contributed by atoms with Gasteiger partial charge in [-0.1, -0.05) is 6.07 Å². The number of nitrogens with one attached hydrogen (secondary N) is 1. The summed E-state index contributed by atoms with van der Waals surface area (Å²) < 4.78 is 16.0. The molecule has 2 aromatic rings. The lowest BCUT2D eigenvalue weighted by Gasteiger charge is -2.25. The van der Waals surface area contributed by atoms with Gasteiger partial charge in [0.05, 0.1) is 31.4 Å². The molecular formula is C22H28N2O6S2. The number of carbonyl (C=O) groups excluding carboxylic acids is 3. The molecule has 3 heterocycles. The van der Waals surface area contributed by atoms with Crippen molar-refractivity contribution in [1.29, 1.82) is 0 Å². The maximum Gasteiger partial charge on any atom is 0.348 e. The van der Waals surface area contributed by atoms with Crippen molar-refractivity contribution in [1.82, 2.24) is 4.90 Å². The van der Waals surface area contributed by atoms with E-state index in [0.717, 1.165) is 29.1 Å². The molecular weight excluding hydrogens is 452 g/mol. The van der Waals surface area contributed by atoms with Crippen molar-refractivity contribution >= 4 is 45.6 Å². The van der Waals surface area contributed by atoms with E-state index < -0.39 is 11.9 Å². The minimum Gasteiger partial charge on any atom is -0.462 e. The molecule has 0 saturated carbocycles. The molecule has 3 rings (SSSR count). The topological polar surface area (TPSA) is 94.2 Å². The molecule has 0 aliphatic carbocycles. The van der Waals surface area contributed by atoms with Gasteiger partial charge < -0.3 is 19.1 Å². The Balaban J connectivity index is 1.87. The van der Waals surface area contributed by atoms with Crippen molar-refractivity contribution in [2.75, 3.05) is 31.7 Å². The third-order valence-electron chi connectivity index (χ3n) is 4.97. The van der Waals surface area contributed by atoms with Crippen molar-refractivity contribution < 1.29 is 28.6 Å². The fourth-order valence-electron chi connectivity index (χ4n) is 3.46. The summed E-state index contributed by atoms with van der Waals surface area (Å²) in [5.41, 5.74) is 0.618. The largest absolute Gasteiger partial charge is 0.462 e. The normalized spacial score (nSPS) is 15.4. The Bertz CT molecular complexity index is 935. The zero-order chi connectivity index (χ0) is 23.1. The lowest BCUT2D eigenvalue weighted by atomic mass is 10.1. The van der Waals surface area contributed by atoms with Crippen LogP contribution >= 0.6 is 22.7 Å². The van der Waals surface area contributed by atoms with Crippen LogP contribution in [-0.2, 0) is 20.8 Å². The molecule has 1 N–H and O–H groups in total. The third-order valence-corrected chi connectivity index (χ3v) is 7.02. The average Bonchev–Trinajstić information content (AvgIpc) is 3.50. The molecule has 8 nitrogen and oxygen atoms in total. The van der Waals surface area contributed by atoms with Crippen LogP contribution in [0.4, 0.5) is 9.80 Å². The van der Waals surface area contributed by atoms with Crippen LogP contribution < -0.4 is 5.32 Å². The van der Waals surface area contributed by atoms with Crippen LogP contribution in [0.15, 0.2) is 17.5 Å². The van der Waals surface area contributed by atoms with E-state index in [4.69, 9.17) is 14.2 Å². The average molecular weight is 481 g/mol. The van der Waals surface area contributed by atoms with Crippen LogP contribution in [0.5, 0.6) is 0 Å². The molecule has 1 aliphatic rings. The number of thiophene rings is 2. The molecule has 2 aromatic heterocycles. The molecule has 0 spiro atoms. The van der Waals surface area contributed by atoms with E-state index in [1.54, 1.807) is 37.0 Å². The summed E-state index contributed by atoms with van der Waals surface area (Å²) in [5.74, 6) is -1.12. The SMILES string of the molecule is CCOC(=O)c1sc(NC(=O)N(Cc2cccs2)CC2CCCO2)c(C(=O)OCC)c1C. The first-order chi connectivity index (χ1) is 15.4. The van der Waals surface area contributed by atoms with Gasteiger partial charge >= 0.3 is 18.0 Å². The molecule has 0 aromatic carbocycles. The Labute approximate surface area is 195 Å². The van der Waals surface area contributed by atoms with Gasteiger partial charge in [-0.2, -0.15) is 0 Å². The van der Waals surface area contributed by atoms with Crippen LogP contribution in [-0.4, -0.2) is 55.3 Å². The molecule has 32 heavy (non-hydrogen) atoms. The zero-order valence-electron chi connectivity index (χ0n) is 18.5. The van der Waals surface area contributed by atoms with Crippen molar-refractivity contribution in [3.8, 4) is 0 Å². The Kier molecular flexibility index (Phi) is 8.66. The monoisotopic (exact) mass is 480 g/mol. The Hall–Kier alpha value is -2.43. The van der Waals surface area contributed by atoms with Gasteiger partial charge in [0, 0.05) is 18.0 Å². The standard InChI is InChI=1S/C22H28N2O6S2/c1-4-28-20(25)17-14(3)18(21(26)29-5-2)32-19(17)23-22(27)24(12-15-8-6-10-30-15)13-16-9-7-11-31-16/h7,9,11,15H,4-6,8,10,12-13H2,1-3H3,(H,23,27). The van der Waals surface area contributed by atoms with Gasteiger partial charge in [0.2, 0.25) is 0 Å². The van der Waals surface area contributed by atoms with Crippen molar-refractivity contribution in [3.63, 3.8) is 0 Å². The first-order valence-corrected chi connectivity index (χ1v) is 12.3. The number of carbonyl (C=O) groups is 3. The Morgan fingerprint density at radius 1 is 1.22 bits per heavy atom. The first kappa shape index (κ1) is 24.2. The molecule has 1 unspecified atom stereocenters. The van der Waals surface area contributed by atoms with Gasteiger partial charge in [0.15, 0.2) is 0 Å². The second-order valence-corrected chi connectivity index (χ2v) is 9.28. The molecule has 1 atom stereocenters. The molecule has 0 bridgehead atoms. The van der Waals surface area contributed by atoms with E-state index in [0.29, 0.717) is 25.3 Å². The quantitative estimate of drug-likeness (QED) is 0.524. The molecule has 1 aliphatic heterocycles. The molecule has 0 radical (unpaired) electrons. The predicted molar refractivity (Wildman–Crippen MR) is 124 cm³/mol. The fourth-order valence-corrected chi connectivity index (χ4v) is 5.26. The minimum atomic E-state index is -0.587. The summed E-state index contributed by atoms with van der Waals surface area (Å²) >= 11 is 2.59. The Morgan fingerprint density at radius 2 is 1.97 bits per heavy atom. The van der Waals surface area contributed by atoms with Crippen molar-refractivity contribution in [2.24, 2.45) is 0 Å². The number of esters is 2. The maximum atomic E-state index is 13.3. The summed E-state index contributed by atoms with van der Waals surface area (Å²) in [6, 6.07) is 3.55. The predicted octanol–water partition coefficient (Wildman–Crippen LogP) is 4.68. The van der Waals surface area contributed by atoms with E-state index in [-0.39, 0.29) is 40.8 Å². The van der Waals surface area contributed by atoms with Crippen molar-refractivity contribution in [3.05, 3.63) is 38.4 Å². The minimum absolute atomic E-state index is 0.0228. The number of amides is 2. The fraction of sp³-hybridized carbons (Fsp3) is 0.500. The van der Waals surface area contributed by atoms with Crippen molar-refractivity contribution in [2.45, 2.75) is 46.3 Å². The number of nitrogens with zero attached hydrogens (tertiary/aromatic N) is 1. The summed E-state index contributed by atoms with van der Waals surface area (Å²) in [7, 11) is 0. The number of hydrogen-bond acceptors (Lipinski definition) is 8. The number of rotatable bonds is 9. The molecule has 1 fully saturated rings. The zero-order valence-corrected chi connectivity index (χ0v) is 20.1. The number of urea groups is 1. The highest BCUT2D eigenvalue weighted by molar-refractivity contribution is 7.18. The molecule has 10 heteroatoms. The second-order valence-electron chi connectivity index (χ2n) is 7.23. The van der Waals surface area contributed by atoms with Gasteiger partial charge in [0.1, 0.15) is 9.88 Å². The highest BCUT2D eigenvalue weighted by Gasteiger charge is 2.29. The summed E-state index contributed by atoms with van der Waals surface area (Å²) in [6.45, 7) is 7.01. The van der Waals surface area contributed by atoms with Crippen LogP contribution in [0.3, 0.4) is 0 Å². The van der Waals surface area contributed by atoms with E-state index in [1.807, 2.05) is 17.5 Å². The lowest BCUT2D eigenvalue weighted by molar-refractivity contribution is 0.0527. The summed E-state index contributed by atoms with van der Waals surface area (Å²) in [4.78, 5) is 41.3. The smallest absolute Gasteiger partial charge is 0.348 e. The van der Waals surface area contributed by atoms with E-state index in [1.165, 1.54) is 0 Å². The van der Waals surface area contributed by atoms with Crippen LogP contribution in [0.25, 0.3) is 0 Å². The second kappa shape index (κ2) is 11.4. The van der Waals surface area contributed by atoms with Gasteiger partial charge in [-0.05, 0) is 50.6 Å². The molecule has 1 saturated heterocycles. The Morgan fingerprint density at radius 3 is 2.59 bits per heavy atom. The van der Waals surface area contributed by atoms with Gasteiger partial charge in [-0.3, -0.25) is 5.32 Å². The van der Waals surface area contributed by atoms with Gasteiger partial charge in [0.25, 0.3) is 0 Å². The van der Waals surface area contributed by atoms with Gasteiger partial charge in [-0.15, -0.1) is 22.7 Å². The van der Waals surface area contributed by atoms with E-state index in [2.05, 4.69) is 5.32 Å². The number of anilines is 1. The number of hydrogen-bond donors (Lipinski definition) is 1. The van der Waals surface area contributed by atoms with Crippen LogP contribution in [0.1, 0.15) is 57.2 Å². The van der Waals surface area contributed by atoms with E-state index >= 15 is 0 Å². The molecule has 2 amide bonds. The highest BCUT2D eigenvalue weighted by atomic mass is 32.1. The summed E-state index contributed by atoms with van der Waals surface area (Å²) in [6.07, 6.45) is 1.84. The summed E-state index contributed by atoms with van der Waals surface area (Å²) in [5, 5.41) is 5.08. The molecule has 174 valence electrons. The first-order valence-electron chi connectivity index (χ1n) is 10.6. The van der Waals surface area contributed by atoms with Crippen LogP contribution in [0, 0.1) is 6.92 Å². The van der Waals surface area contributed by atoms with Gasteiger partial charge in [-0.25, -0.2) is 14.4 Å². The van der Waals surface area contributed by atoms with E-state index in [9.17, 15) is 14.4 Å². The number of ether oxygens (including phenoxy) is 3.